The standard InChI is InChI=1S/C31H38N4O5S/c1-7-33(8-2)30(37)27-20(4)32-31-35(28(27)23-17-21(38-5)9-11-24(23)39-6)29(36)25(41-31)18-22-10-12-26(40-22)34-15-13-19(3)14-16-34/h9-12,17-19,28H,7-8,13-16H2,1-6H3/b25-18-/t28-/m0/s1. The highest BCUT2D eigenvalue weighted by Crippen LogP contribution is 2.38. The van der Waals surface area contributed by atoms with E-state index >= 15 is 0 Å². The summed E-state index contributed by atoms with van der Waals surface area (Å²) in [6, 6.07) is 8.54. The Morgan fingerprint density at radius 1 is 1.15 bits per heavy atom. The predicted octanol–water partition coefficient (Wildman–Crippen LogP) is 3.95. The van der Waals surface area contributed by atoms with Crippen molar-refractivity contribution in [3.05, 3.63) is 72.6 Å². The number of benzene rings is 1. The largest absolute Gasteiger partial charge is 0.497 e. The highest BCUT2D eigenvalue weighted by molar-refractivity contribution is 7.07. The molecular formula is C31H38N4O5S. The van der Waals surface area contributed by atoms with Crippen LogP contribution in [0.3, 0.4) is 0 Å². The van der Waals surface area contributed by atoms with Crippen molar-refractivity contribution in [3.8, 4) is 11.5 Å². The van der Waals surface area contributed by atoms with Gasteiger partial charge in [0.1, 0.15) is 23.3 Å². The van der Waals surface area contributed by atoms with Crippen LogP contribution in [0, 0.1) is 5.92 Å². The third kappa shape index (κ3) is 5.45. The molecule has 0 saturated carbocycles. The number of anilines is 1. The fourth-order valence-electron chi connectivity index (χ4n) is 5.57. The molecule has 0 unspecified atom stereocenters. The maximum Gasteiger partial charge on any atom is 0.271 e. The van der Waals surface area contributed by atoms with Crippen LogP contribution in [-0.4, -0.2) is 55.8 Å². The van der Waals surface area contributed by atoms with Gasteiger partial charge in [0, 0.05) is 43.9 Å². The van der Waals surface area contributed by atoms with Crippen LogP contribution in [-0.2, 0) is 4.79 Å². The molecule has 10 heteroatoms. The van der Waals surface area contributed by atoms with Crippen LogP contribution >= 0.6 is 11.3 Å². The van der Waals surface area contributed by atoms with Crippen molar-refractivity contribution < 1.29 is 18.7 Å². The van der Waals surface area contributed by atoms with E-state index in [1.807, 2.05) is 39.0 Å². The fourth-order valence-corrected chi connectivity index (χ4v) is 6.60. The number of nitrogens with zero attached hydrogens (tertiary/aromatic N) is 4. The molecule has 2 aromatic heterocycles. The first-order valence-corrected chi connectivity index (χ1v) is 15.0. The van der Waals surface area contributed by atoms with Crippen LogP contribution in [0.2, 0.25) is 0 Å². The van der Waals surface area contributed by atoms with Crippen molar-refractivity contribution in [2.24, 2.45) is 10.9 Å². The van der Waals surface area contributed by atoms with E-state index in [2.05, 4.69) is 11.8 Å². The second-order valence-electron chi connectivity index (χ2n) is 10.5. The number of hydrogen-bond acceptors (Lipinski definition) is 8. The highest BCUT2D eigenvalue weighted by Gasteiger charge is 2.36. The van der Waals surface area contributed by atoms with Crippen molar-refractivity contribution in [3.63, 3.8) is 0 Å². The second kappa shape index (κ2) is 12.0. The normalized spacial score (nSPS) is 17.9. The summed E-state index contributed by atoms with van der Waals surface area (Å²) >= 11 is 1.28. The molecule has 41 heavy (non-hydrogen) atoms. The van der Waals surface area contributed by atoms with E-state index in [1.165, 1.54) is 11.3 Å². The molecule has 1 saturated heterocycles. The zero-order valence-electron chi connectivity index (χ0n) is 24.6. The zero-order chi connectivity index (χ0) is 29.3. The lowest BCUT2D eigenvalue weighted by atomic mass is 9.93. The van der Waals surface area contributed by atoms with Gasteiger partial charge < -0.3 is 23.7 Å². The van der Waals surface area contributed by atoms with Gasteiger partial charge in [0.05, 0.1) is 30.0 Å². The molecule has 2 aliphatic heterocycles. The van der Waals surface area contributed by atoms with E-state index in [0.717, 1.165) is 37.7 Å². The van der Waals surface area contributed by atoms with E-state index in [9.17, 15) is 9.59 Å². The molecule has 0 aliphatic carbocycles. The highest BCUT2D eigenvalue weighted by atomic mass is 32.1. The van der Waals surface area contributed by atoms with Crippen molar-refractivity contribution in [2.45, 2.75) is 46.6 Å². The number of hydrogen-bond donors (Lipinski definition) is 0. The quantitative estimate of drug-likeness (QED) is 0.402. The summed E-state index contributed by atoms with van der Waals surface area (Å²) in [5, 5.41) is 0. The van der Waals surface area contributed by atoms with Crippen molar-refractivity contribution in [1.82, 2.24) is 9.47 Å². The molecule has 1 aromatic carbocycles. The van der Waals surface area contributed by atoms with Gasteiger partial charge in [-0.3, -0.25) is 14.2 Å². The number of carbonyl (C=O) groups is 1. The molecule has 4 heterocycles. The Hall–Kier alpha value is -3.79. The number of amides is 1. The van der Waals surface area contributed by atoms with Crippen LogP contribution in [0.25, 0.3) is 6.08 Å². The Bertz CT molecular complexity index is 1640. The van der Waals surface area contributed by atoms with Gasteiger partial charge in [-0.25, -0.2) is 4.99 Å². The third-order valence-corrected chi connectivity index (χ3v) is 9.00. The summed E-state index contributed by atoms with van der Waals surface area (Å²) in [6.45, 7) is 11.0. The molecule has 0 spiro atoms. The molecule has 1 atom stereocenters. The minimum Gasteiger partial charge on any atom is -0.497 e. The summed E-state index contributed by atoms with van der Waals surface area (Å²) in [4.78, 5) is 37.3. The molecule has 0 bridgehead atoms. The van der Waals surface area contributed by atoms with Gasteiger partial charge >= 0.3 is 0 Å². The Balaban J connectivity index is 1.65. The van der Waals surface area contributed by atoms with Crippen LogP contribution in [0.1, 0.15) is 57.9 Å². The van der Waals surface area contributed by atoms with Gasteiger partial charge in [-0.05, 0) is 63.8 Å². The lowest BCUT2D eigenvalue weighted by Crippen LogP contribution is -2.43. The molecule has 218 valence electrons. The van der Waals surface area contributed by atoms with Crippen LogP contribution in [0.5, 0.6) is 11.5 Å². The molecule has 0 N–H and O–H groups in total. The number of likely N-dealkylation sites (N-methyl/N-ethyl adjacent to an activating group) is 1. The first kappa shape index (κ1) is 28.7. The summed E-state index contributed by atoms with van der Waals surface area (Å²) in [5.74, 6) is 3.14. The van der Waals surface area contributed by atoms with Gasteiger partial charge in [-0.15, -0.1) is 0 Å². The number of aromatic nitrogens is 1. The van der Waals surface area contributed by atoms with Gasteiger partial charge in [-0.1, -0.05) is 18.3 Å². The Morgan fingerprint density at radius 2 is 1.88 bits per heavy atom. The average molecular weight is 579 g/mol. The van der Waals surface area contributed by atoms with E-state index < -0.39 is 6.04 Å². The maximum atomic E-state index is 14.1. The summed E-state index contributed by atoms with van der Waals surface area (Å²) in [5.41, 5.74) is 1.43. The van der Waals surface area contributed by atoms with E-state index in [1.54, 1.807) is 41.9 Å². The number of carbonyl (C=O) groups excluding carboxylic acids is 1. The average Bonchev–Trinajstić information content (AvgIpc) is 3.57. The van der Waals surface area contributed by atoms with E-state index in [-0.39, 0.29) is 11.5 Å². The van der Waals surface area contributed by atoms with E-state index in [4.69, 9.17) is 18.9 Å². The monoisotopic (exact) mass is 578 g/mol. The van der Waals surface area contributed by atoms with Crippen LogP contribution < -0.4 is 29.3 Å². The Labute approximate surface area is 244 Å². The number of methoxy groups -OCH3 is 2. The summed E-state index contributed by atoms with van der Waals surface area (Å²) in [7, 11) is 3.16. The second-order valence-corrected chi connectivity index (χ2v) is 11.5. The first-order chi connectivity index (χ1) is 19.8. The Morgan fingerprint density at radius 3 is 2.54 bits per heavy atom. The smallest absolute Gasteiger partial charge is 0.271 e. The topological polar surface area (TPSA) is 89.5 Å². The number of piperidine rings is 1. The number of allylic oxidation sites excluding steroid dienone is 1. The lowest BCUT2D eigenvalue weighted by Gasteiger charge is -2.30. The van der Waals surface area contributed by atoms with Gasteiger partial charge in [-0.2, -0.15) is 0 Å². The van der Waals surface area contributed by atoms with Crippen molar-refractivity contribution in [2.75, 3.05) is 45.3 Å². The molecule has 0 radical (unpaired) electrons. The minimum absolute atomic E-state index is 0.160. The number of rotatable bonds is 8. The summed E-state index contributed by atoms with van der Waals surface area (Å²) in [6.07, 6.45) is 4.04. The van der Waals surface area contributed by atoms with E-state index in [0.29, 0.717) is 56.5 Å². The number of ether oxygens (including phenoxy) is 2. The molecule has 9 nitrogen and oxygen atoms in total. The number of thiazole rings is 1. The molecule has 3 aromatic rings. The molecule has 1 fully saturated rings. The SMILES string of the molecule is CCN(CC)C(=O)C1=C(C)N=c2s/c(=C\c3ccc(N4CCC(C)CC4)o3)c(=O)n2[C@H]1c1cc(OC)ccc1OC. The lowest BCUT2D eigenvalue weighted by molar-refractivity contribution is -0.127. The van der Waals surface area contributed by atoms with Gasteiger partial charge in [0.25, 0.3) is 11.5 Å². The molecule has 1 amide bonds. The van der Waals surface area contributed by atoms with Crippen molar-refractivity contribution in [1.29, 1.82) is 0 Å². The third-order valence-electron chi connectivity index (χ3n) is 8.02. The van der Waals surface area contributed by atoms with Crippen molar-refractivity contribution >= 4 is 29.2 Å². The maximum absolute atomic E-state index is 14.1. The number of furan rings is 1. The number of fused-ring (bicyclic) bond motifs is 1. The fraction of sp³-hybridized carbons (Fsp3) is 0.452. The Kier molecular flexibility index (Phi) is 8.40. The van der Waals surface area contributed by atoms with Gasteiger partial charge in [0.2, 0.25) is 0 Å². The zero-order valence-corrected chi connectivity index (χ0v) is 25.4. The molecule has 2 aliphatic rings. The molecular weight excluding hydrogens is 540 g/mol. The van der Waals surface area contributed by atoms with Gasteiger partial charge in [0.15, 0.2) is 10.7 Å². The molecule has 5 rings (SSSR count). The first-order valence-electron chi connectivity index (χ1n) is 14.2. The minimum atomic E-state index is -0.742. The van der Waals surface area contributed by atoms with Crippen LogP contribution in [0.15, 0.2) is 55.8 Å². The van der Waals surface area contributed by atoms with Crippen LogP contribution in [0.4, 0.5) is 5.88 Å². The summed E-state index contributed by atoms with van der Waals surface area (Å²) < 4.78 is 19.5. The predicted molar refractivity (Wildman–Crippen MR) is 161 cm³/mol.